The number of aryl methyl sites for hydroxylation is 1. The first-order valence-corrected chi connectivity index (χ1v) is 11.9. The molecule has 0 unspecified atom stereocenters. The van der Waals surface area contributed by atoms with E-state index < -0.39 is 15.8 Å². The van der Waals surface area contributed by atoms with E-state index in [1.807, 2.05) is 42.0 Å². The fourth-order valence-corrected chi connectivity index (χ4v) is 5.34. The second kappa shape index (κ2) is 9.22. The Kier molecular flexibility index (Phi) is 6.38. The first-order valence-electron chi connectivity index (χ1n) is 10.5. The fourth-order valence-electron chi connectivity index (χ4n) is 3.87. The van der Waals surface area contributed by atoms with E-state index in [-0.39, 0.29) is 29.8 Å². The molecule has 1 amide bonds. The van der Waals surface area contributed by atoms with Crippen LogP contribution in [0.15, 0.2) is 65.8 Å². The van der Waals surface area contributed by atoms with Gasteiger partial charge in [-0.3, -0.25) is 4.79 Å². The summed E-state index contributed by atoms with van der Waals surface area (Å²) in [7, 11) is -3.68. The van der Waals surface area contributed by atoms with Crippen LogP contribution in [-0.4, -0.2) is 41.3 Å². The normalized spacial score (nSPS) is 15.6. The highest BCUT2D eigenvalue weighted by atomic mass is 32.2. The zero-order chi connectivity index (χ0) is 22.7. The molecular formula is C23H25FN4O3S. The van der Waals surface area contributed by atoms with E-state index in [0.29, 0.717) is 19.4 Å². The standard InChI is InChI=1S/C23H25FN4O3S/c1-17-25-12-15-28(17)21-6-2-18(3-7-21)16-26-23(29)19-10-13-27(14-11-19)32(30,31)22-8-4-20(24)5-9-22/h2-9,12,15,19H,10-11,13-14,16H2,1H3,(H,26,29). The second-order valence-electron chi connectivity index (χ2n) is 7.86. The van der Waals surface area contributed by atoms with Crippen LogP contribution in [0.2, 0.25) is 0 Å². The summed E-state index contributed by atoms with van der Waals surface area (Å²) in [5.41, 5.74) is 1.99. The third kappa shape index (κ3) is 4.73. The van der Waals surface area contributed by atoms with Crippen molar-refractivity contribution < 1.29 is 17.6 Å². The molecule has 1 fully saturated rings. The van der Waals surface area contributed by atoms with Gasteiger partial charge in [-0.15, -0.1) is 0 Å². The van der Waals surface area contributed by atoms with E-state index in [1.54, 1.807) is 6.20 Å². The van der Waals surface area contributed by atoms with Crippen molar-refractivity contribution in [3.8, 4) is 5.69 Å². The maximum atomic E-state index is 13.1. The Labute approximate surface area is 186 Å². The summed E-state index contributed by atoms with van der Waals surface area (Å²) in [5.74, 6) is 0.116. The van der Waals surface area contributed by atoms with Crippen LogP contribution in [0.25, 0.3) is 5.69 Å². The summed E-state index contributed by atoms with van der Waals surface area (Å²) in [6.45, 7) is 2.87. The van der Waals surface area contributed by atoms with Gasteiger partial charge in [0.1, 0.15) is 11.6 Å². The van der Waals surface area contributed by atoms with Gasteiger partial charge in [-0.05, 0) is 61.7 Å². The van der Waals surface area contributed by atoms with Gasteiger partial charge in [0.15, 0.2) is 0 Å². The molecule has 2 heterocycles. The van der Waals surface area contributed by atoms with Crippen LogP contribution in [0.5, 0.6) is 0 Å². The number of carbonyl (C=O) groups is 1. The molecule has 1 aliphatic heterocycles. The van der Waals surface area contributed by atoms with Crippen molar-refractivity contribution in [1.82, 2.24) is 19.2 Å². The minimum atomic E-state index is -3.68. The van der Waals surface area contributed by atoms with Crippen molar-refractivity contribution in [3.63, 3.8) is 0 Å². The van der Waals surface area contributed by atoms with Crippen molar-refractivity contribution in [3.05, 3.63) is 78.1 Å². The number of nitrogens with zero attached hydrogens (tertiary/aromatic N) is 3. The average Bonchev–Trinajstić information content (AvgIpc) is 3.24. The zero-order valence-electron chi connectivity index (χ0n) is 17.7. The summed E-state index contributed by atoms with van der Waals surface area (Å²) in [6, 6.07) is 12.7. The number of halogens is 1. The maximum Gasteiger partial charge on any atom is 0.243 e. The Hall–Kier alpha value is -3.04. The molecule has 32 heavy (non-hydrogen) atoms. The van der Waals surface area contributed by atoms with Crippen molar-refractivity contribution in [2.45, 2.75) is 31.2 Å². The van der Waals surface area contributed by atoms with Crippen LogP contribution in [-0.2, 0) is 21.4 Å². The van der Waals surface area contributed by atoms with Crippen LogP contribution in [0, 0.1) is 18.7 Å². The molecular weight excluding hydrogens is 431 g/mol. The molecule has 1 aliphatic rings. The minimum absolute atomic E-state index is 0.0659. The van der Waals surface area contributed by atoms with Crippen molar-refractivity contribution >= 4 is 15.9 Å². The number of piperidine rings is 1. The van der Waals surface area contributed by atoms with Gasteiger partial charge in [0, 0.05) is 43.6 Å². The molecule has 1 aromatic heterocycles. The van der Waals surface area contributed by atoms with Gasteiger partial charge in [-0.25, -0.2) is 17.8 Å². The van der Waals surface area contributed by atoms with Crippen molar-refractivity contribution in [2.75, 3.05) is 13.1 Å². The van der Waals surface area contributed by atoms with E-state index in [9.17, 15) is 17.6 Å². The summed E-state index contributed by atoms with van der Waals surface area (Å²) in [6.07, 6.45) is 4.55. The molecule has 0 bridgehead atoms. The predicted molar refractivity (Wildman–Crippen MR) is 118 cm³/mol. The van der Waals surface area contributed by atoms with Crippen molar-refractivity contribution in [2.24, 2.45) is 5.92 Å². The minimum Gasteiger partial charge on any atom is -0.352 e. The summed E-state index contributed by atoms with van der Waals surface area (Å²) in [5, 5.41) is 2.96. The molecule has 2 aromatic carbocycles. The second-order valence-corrected chi connectivity index (χ2v) is 9.80. The number of carbonyl (C=O) groups excluding carboxylic acids is 1. The third-order valence-corrected chi connectivity index (χ3v) is 7.70. The number of rotatable bonds is 6. The molecule has 168 valence electrons. The van der Waals surface area contributed by atoms with Crippen LogP contribution in [0.4, 0.5) is 4.39 Å². The summed E-state index contributed by atoms with van der Waals surface area (Å²) < 4.78 is 41.9. The lowest BCUT2D eigenvalue weighted by Gasteiger charge is -2.30. The van der Waals surface area contributed by atoms with Crippen molar-refractivity contribution in [1.29, 1.82) is 0 Å². The first-order chi connectivity index (χ1) is 15.3. The number of sulfonamides is 1. The predicted octanol–water partition coefficient (Wildman–Crippen LogP) is 3.04. The molecule has 0 aliphatic carbocycles. The van der Waals surface area contributed by atoms with E-state index in [0.717, 1.165) is 29.2 Å². The van der Waals surface area contributed by atoms with Gasteiger partial charge < -0.3 is 9.88 Å². The Morgan fingerprint density at radius 1 is 1.09 bits per heavy atom. The lowest BCUT2D eigenvalue weighted by atomic mass is 9.97. The van der Waals surface area contributed by atoms with E-state index in [4.69, 9.17) is 0 Å². The van der Waals surface area contributed by atoms with Crippen LogP contribution in [0.3, 0.4) is 0 Å². The zero-order valence-corrected chi connectivity index (χ0v) is 18.6. The molecule has 0 atom stereocenters. The van der Waals surface area contributed by atoms with Gasteiger partial charge >= 0.3 is 0 Å². The summed E-state index contributed by atoms with van der Waals surface area (Å²) in [4.78, 5) is 16.9. The number of hydrogen-bond acceptors (Lipinski definition) is 4. The van der Waals surface area contributed by atoms with Gasteiger partial charge in [0.25, 0.3) is 0 Å². The monoisotopic (exact) mass is 456 g/mol. The molecule has 0 spiro atoms. The number of benzene rings is 2. The molecule has 0 radical (unpaired) electrons. The smallest absolute Gasteiger partial charge is 0.243 e. The number of nitrogens with one attached hydrogen (secondary N) is 1. The SMILES string of the molecule is Cc1nccn1-c1ccc(CNC(=O)C2CCN(S(=O)(=O)c3ccc(F)cc3)CC2)cc1. The van der Waals surface area contributed by atoms with Crippen LogP contribution < -0.4 is 5.32 Å². The van der Waals surface area contributed by atoms with Gasteiger partial charge in [-0.1, -0.05) is 12.1 Å². The molecule has 4 rings (SSSR count). The number of imidazole rings is 1. The average molecular weight is 457 g/mol. The topological polar surface area (TPSA) is 84.3 Å². The number of amides is 1. The largest absolute Gasteiger partial charge is 0.352 e. The maximum absolute atomic E-state index is 13.1. The molecule has 3 aromatic rings. The number of hydrogen-bond donors (Lipinski definition) is 1. The molecule has 0 saturated carbocycles. The van der Waals surface area contributed by atoms with E-state index in [1.165, 1.54) is 16.4 Å². The van der Waals surface area contributed by atoms with E-state index >= 15 is 0 Å². The quantitative estimate of drug-likeness (QED) is 0.618. The van der Waals surface area contributed by atoms with Gasteiger partial charge in [0.05, 0.1) is 4.90 Å². The third-order valence-electron chi connectivity index (χ3n) is 5.78. The van der Waals surface area contributed by atoms with E-state index in [2.05, 4.69) is 10.3 Å². The van der Waals surface area contributed by atoms with Crippen LogP contribution in [0.1, 0.15) is 24.2 Å². The van der Waals surface area contributed by atoms with Crippen LogP contribution >= 0.6 is 0 Å². The highest BCUT2D eigenvalue weighted by molar-refractivity contribution is 7.89. The Bertz CT molecular complexity index is 1180. The lowest BCUT2D eigenvalue weighted by molar-refractivity contribution is -0.126. The Balaban J connectivity index is 1.29. The fraction of sp³-hybridized carbons (Fsp3) is 0.304. The molecule has 1 saturated heterocycles. The Morgan fingerprint density at radius 2 is 1.75 bits per heavy atom. The first kappa shape index (κ1) is 22.2. The molecule has 9 heteroatoms. The number of aromatic nitrogens is 2. The highest BCUT2D eigenvalue weighted by Gasteiger charge is 2.32. The molecule has 7 nitrogen and oxygen atoms in total. The molecule has 1 N–H and O–H groups in total. The van der Waals surface area contributed by atoms with Gasteiger partial charge in [-0.2, -0.15) is 4.31 Å². The summed E-state index contributed by atoms with van der Waals surface area (Å²) >= 11 is 0. The lowest BCUT2D eigenvalue weighted by Crippen LogP contribution is -2.42. The Morgan fingerprint density at radius 3 is 2.34 bits per heavy atom. The highest BCUT2D eigenvalue weighted by Crippen LogP contribution is 2.24. The van der Waals surface area contributed by atoms with Gasteiger partial charge in [0.2, 0.25) is 15.9 Å².